The first-order chi connectivity index (χ1) is 13.1. The highest BCUT2D eigenvalue weighted by Gasteiger charge is 2.19. The standard InChI is InChI=1S/C19H22FN5OS/c20-15-4-6-16(7-5-15)22-18(26)14-24-9-2-10-25(12-11-24)19(27)23-17-3-1-8-21-13-17/h1,3-8,13H,2,9-12,14H2,(H,22,26)(H,23,27). The van der Waals surface area contributed by atoms with Gasteiger partial charge in [0, 0.05) is 38.1 Å². The third kappa shape index (κ3) is 5.97. The number of hydrogen-bond donors (Lipinski definition) is 2. The van der Waals surface area contributed by atoms with Gasteiger partial charge in [-0.3, -0.25) is 14.7 Å². The van der Waals surface area contributed by atoms with Crippen LogP contribution in [0.15, 0.2) is 48.8 Å². The average molecular weight is 387 g/mol. The summed E-state index contributed by atoms with van der Waals surface area (Å²) in [4.78, 5) is 20.5. The van der Waals surface area contributed by atoms with E-state index in [9.17, 15) is 9.18 Å². The lowest BCUT2D eigenvalue weighted by Gasteiger charge is -2.24. The van der Waals surface area contributed by atoms with E-state index in [0.29, 0.717) is 17.3 Å². The molecule has 0 bridgehead atoms. The highest BCUT2D eigenvalue weighted by atomic mass is 32.1. The third-order valence-electron chi connectivity index (χ3n) is 4.28. The Morgan fingerprint density at radius 2 is 1.89 bits per heavy atom. The number of nitrogens with one attached hydrogen (secondary N) is 2. The summed E-state index contributed by atoms with van der Waals surface area (Å²) in [6.45, 7) is 3.45. The minimum Gasteiger partial charge on any atom is -0.348 e. The highest BCUT2D eigenvalue weighted by molar-refractivity contribution is 7.80. The van der Waals surface area contributed by atoms with Crippen molar-refractivity contribution < 1.29 is 9.18 Å². The first kappa shape index (κ1) is 19.2. The molecule has 1 aliphatic rings. The minimum absolute atomic E-state index is 0.105. The summed E-state index contributed by atoms with van der Waals surface area (Å²) >= 11 is 5.50. The van der Waals surface area contributed by atoms with Crippen molar-refractivity contribution in [3.05, 3.63) is 54.6 Å². The fourth-order valence-electron chi connectivity index (χ4n) is 2.91. The Labute approximate surface area is 163 Å². The van der Waals surface area contributed by atoms with E-state index in [0.717, 1.165) is 38.3 Å². The number of anilines is 2. The molecule has 6 nitrogen and oxygen atoms in total. The molecule has 27 heavy (non-hydrogen) atoms. The van der Waals surface area contributed by atoms with Crippen molar-refractivity contribution in [2.45, 2.75) is 6.42 Å². The van der Waals surface area contributed by atoms with Crippen LogP contribution in [0, 0.1) is 5.82 Å². The van der Waals surface area contributed by atoms with Crippen LogP contribution in [-0.2, 0) is 4.79 Å². The van der Waals surface area contributed by atoms with Crippen molar-refractivity contribution >= 4 is 34.6 Å². The first-order valence-electron chi connectivity index (χ1n) is 8.84. The van der Waals surface area contributed by atoms with Gasteiger partial charge in [-0.15, -0.1) is 0 Å². The number of amides is 1. The van der Waals surface area contributed by atoms with Gasteiger partial charge in [0.05, 0.1) is 18.4 Å². The zero-order chi connectivity index (χ0) is 19.1. The van der Waals surface area contributed by atoms with Crippen LogP contribution in [0.2, 0.25) is 0 Å². The largest absolute Gasteiger partial charge is 0.348 e. The molecule has 1 aromatic heterocycles. The van der Waals surface area contributed by atoms with Crippen LogP contribution >= 0.6 is 12.2 Å². The van der Waals surface area contributed by atoms with E-state index < -0.39 is 0 Å². The fraction of sp³-hybridized carbons (Fsp3) is 0.316. The highest BCUT2D eigenvalue weighted by Crippen LogP contribution is 2.10. The lowest BCUT2D eigenvalue weighted by atomic mass is 10.3. The molecule has 8 heteroatoms. The van der Waals surface area contributed by atoms with Crippen molar-refractivity contribution in [1.82, 2.24) is 14.8 Å². The molecule has 0 saturated carbocycles. The molecule has 2 aromatic rings. The molecule has 2 N–H and O–H groups in total. The molecule has 0 unspecified atom stereocenters. The Hall–Kier alpha value is -2.58. The predicted molar refractivity (Wildman–Crippen MR) is 108 cm³/mol. The fourth-order valence-corrected chi connectivity index (χ4v) is 3.21. The lowest BCUT2D eigenvalue weighted by molar-refractivity contribution is -0.117. The summed E-state index contributed by atoms with van der Waals surface area (Å²) < 4.78 is 12.9. The topological polar surface area (TPSA) is 60.5 Å². The Morgan fingerprint density at radius 1 is 1.07 bits per heavy atom. The summed E-state index contributed by atoms with van der Waals surface area (Å²) in [6.07, 6.45) is 4.37. The van der Waals surface area contributed by atoms with Gasteiger partial charge in [0.25, 0.3) is 0 Å². The summed E-state index contributed by atoms with van der Waals surface area (Å²) in [5, 5.41) is 6.66. The number of benzene rings is 1. The van der Waals surface area contributed by atoms with Gasteiger partial charge in [0.1, 0.15) is 5.82 Å². The molecule has 0 radical (unpaired) electrons. The van der Waals surface area contributed by atoms with E-state index in [2.05, 4.69) is 25.4 Å². The van der Waals surface area contributed by atoms with E-state index in [1.807, 2.05) is 12.1 Å². The van der Waals surface area contributed by atoms with E-state index in [4.69, 9.17) is 12.2 Å². The number of thiocarbonyl (C=S) groups is 1. The summed E-state index contributed by atoms with van der Waals surface area (Å²) in [6, 6.07) is 9.54. The van der Waals surface area contributed by atoms with Crippen molar-refractivity contribution in [2.75, 3.05) is 43.4 Å². The monoisotopic (exact) mass is 387 g/mol. The maximum absolute atomic E-state index is 12.9. The van der Waals surface area contributed by atoms with Crippen LogP contribution in [0.1, 0.15) is 6.42 Å². The van der Waals surface area contributed by atoms with Crippen LogP contribution in [0.25, 0.3) is 0 Å². The van der Waals surface area contributed by atoms with E-state index in [1.165, 1.54) is 12.1 Å². The number of hydrogen-bond acceptors (Lipinski definition) is 4. The maximum atomic E-state index is 12.9. The minimum atomic E-state index is -0.323. The van der Waals surface area contributed by atoms with Gasteiger partial charge < -0.3 is 15.5 Å². The van der Waals surface area contributed by atoms with Crippen LogP contribution < -0.4 is 10.6 Å². The number of halogens is 1. The van der Waals surface area contributed by atoms with Crippen LogP contribution in [0.3, 0.4) is 0 Å². The predicted octanol–water partition coefficient (Wildman–Crippen LogP) is 2.56. The Morgan fingerprint density at radius 3 is 2.63 bits per heavy atom. The van der Waals surface area contributed by atoms with Crippen molar-refractivity contribution in [1.29, 1.82) is 0 Å². The van der Waals surface area contributed by atoms with Crippen molar-refractivity contribution in [3.63, 3.8) is 0 Å². The molecule has 1 amide bonds. The second-order valence-electron chi connectivity index (χ2n) is 6.34. The first-order valence-corrected chi connectivity index (χ1v) is 9.25. The zero-order valence-electron chi connectivity index (χ0n) is 14.9. The molecule has 2 heterocycles. The van der Waals surface area contributed by atoms with Crippen LogP contribution in [-0.4, -0.2) is 58.5 Å². The third-order valence-corrected chi connectivity index (χ3v) is 4.64. The number of nitrogens with zero attached hydrogens (tertiary/aromatic N) is 3. The Kier molecular flexibility index (Phi) is 6.67. The van der Waals surface area contributed by atoms with Gasteiger partial charge in [0.15, 0.2) is 5.11 Å². The molecular formula is C19H22FN5OS. The molecule has 1 saturated heterocycles. The van der Waals surface area contributed by atoms with Gasteiger partial charge >= 0.3 is 0 Å². The van der Waals surface area contributed by atoms with Gasteiger partial charge in [-0.1, -0.05) is 0 Å². The second kappa shape index (κ2) is 9.38. The molecule has 3 rings (SSSR count). The van der Waals surface area contributed by atoms with E-state index in [-0.39, 0.29) is 11.7 Å². The van der Waals surface area contributed by atoms with Crippen LogP contribution in [0.5, 0.6) is 0 Å². The summed E-state index contributed by atoms with van der Waals surface area (Å²) in [5.74, 6) is -0.428. The summed E-state index contributed by atoms with van der Waals surface area (Å²) in [5.41, 5.74) is 1.46. The van der Waals surface area contributed by atoms with Crippen LogP contribution in [0.4, 0.5) is 15.8 Å². The van der Waals surface area contributed by atoms with E-state index in [1.54, 1.807) is 24.5 Å². The second-order valence-corrected chi connectivity index (χ2v) is 6.73. The summed E-state index contributed by atoms with van der Waals surface area (Å²) in [7, 11) is 0. The zero-order valence-corrected chi connectivity index (χ0v) is 15.7. The number of aromatic nitrogens is 1. The molecule has 0 atom stereocenters. The molecule has 0 aliphatic carbocycles. The van der Waals surface area contributed by atoms with Gasteiger partial charge in [-0.25, -0.2) is 4.39 Å². The Bertz CT molecular complexity index is 771. The van der Waals surface area contributed by atoms with Crippen molar-refractivity contribution in [3.8, 4) is 0 Å². The SMILES string of the molecule is O=C(CN1CCCN(C(=S)Nc2cccnc2)CC1)Nc1ccc(F)cc1. The quantitative estimate of drug-likeness (QED) is 0.787. The Balaban J connectivity index is 1.47. The number of carbonyl (C=O) groups is 1. The maximum Gasteiger partial charge on any atom is 0.238 e. The van der Waals surface area contributed by atoms with Crippen molar-refractivity contribution in [2.24, 2.45) is 0 Å². The average Bonchev–Trinajstić information content (AvgIpc) is 2.90. The normalized spacial score (nSPS) is 15.1. The molecule has 1 aliphatic heterocycles. The van der Waals surface area contributed by atoms with Gasteiger partial charge in [-0.05, 0) is 55.0 Å². The molecular weight excluding hydrogens is 365 g/mol. The molecule has 142 valence electrons. The molecule has 1 aromatic carbocycles. The van der Waals surface area contributed by atoms with E-state index >= 15 is 0 Å². The number of rotatable bonds is 4. The lowest BCUT2D eigenvalue weighted by Crippen LogP contribution is -2.39. The van der Waals surface area contributed by atoms with Gasteiger partial charge in [0.2, 0.25) is 5.91 Å². The molecule has 0 spiro atoms. The number of carbonyl (C=O) groups excluding carboxylic acids is 1. The smallest absolute Gasteiger partial charge is 0.238 e. The van der Waals surface area contributed by atoms with Gasteiger partial charge in [-0.2, -0.15) is 0 Å². The number of pyridine rings is 1. The molecule has 1 fully saturated rings.